The molecule has 5 heteroatoms. The van der Waals surface area contributed by atoms with Crippen LogP contribution in [-0.2, 0) is 13.0 Å². The lowest BCUT2D eigenvalue weighted by atomic mass is 10.1. The summed E-state index contributed by atoms with van der Waals surface area (Å²) >= 11 is 0. The third-order valence-electron chi connectivity index (χ3n) is 4.07. The molecule has 0 saturated heterocycles. The number of benzene rings is 2. The molecule has 0 aliphatic rings. The first-order chi connectivity index (χ1) is 12.2. The Morgan fingerprint density at radius 2 is 1.72 bits per heavy atom. The highest BCUT2D eigenvalue weighted by Crippen LogP contribution is 2.17. The number of hydrogen-bond donors (Lipinski definition) is 1. The van der Waals surface area contributed by atoms with Crippen molar-refractivity contribution in [2.45, 2.75) is 32.4 Å². The van der Waals surface area contributed by atoms with Gasteiger partial charge in [0.25, 0.3) is 0 Å². The van der Waals surface area contributed by atoms with Crippen molar-refractivity contribution in [1.29, 1.82) is 0 Å². The van der Waals surface area contributed by atoms with Crippen molar-refractivity contribution in [3.8, 4) is 0 Å². The lowest BCUT2D eigenvalue weighted by Gasteiger charge is -2.25. The van der Waals surface area contributed by atoms with Crippen LogP contribution in [0.5, 0.6) is 0 Å². The minimum absolute atomic E-state index is 0.396. The van der Waals surface area contributed by atoms with Crippen molar-refractivity contribution in [2.24, 2.45) is 0 Å². The van der Waals surface area contributed by atoms with Crippen LogP contribution in [0.3, 0.4) is 0 Å². The van der Waals surface area contributed by atoms with Crippen molar-refractivity contribution in [2.75, 3.05) is 11.4 Å². The van der Waals surface area contributed by atoms with Crippen LogP contribution in [0.2, 0.25) is 0 Å². The molecule has 1 heterocycles. The van der Waals surface area contributed by atoms with Crippen LogP contribution in [0.4, 0.5) is 5.69 Å². The summed E-state index contributed by atoms with van der Waals surface area (Å²) in [5.41, 5.74) is 2.17. The third kappa shape index (κ3) is 4.90. The largest absolute Gasteiger partial charge is 0.391 e. The fourth-order valence-corrected chi connectivity index (χ4v) is 2.65. The van der Waals surface area contributed by atoms with E-state index in [0.717, 1.165) is 11.3 Å². The highest BCUT2D eigenvalue weighted by Gasteiger charge is 2.16. The minimum Gasteiger partial charge on any atom is -0.391 e. The number of anilines is 1. The molecular weight excluding hydrogens is 314 g/mol. The first-order valence-corrected chi connectivity index (χ1v) is 8.58. The summed E-state index contributed by atoms with van der Waals surface area (Å²) in [5.74, 6) is 1.23. The maximum atomic E-state index is 10.1. The van der Waals surface area contributed by atoms with Gasteiger partial charge < -0.3 is 14.5 Å². The number of para-hydroxylation sites is 1. The molecule has 2 aromatic carbocycles. The molecule has 0 aliphatic carbocycles. The van der Waals surface area contributed by atoms with Crippen LogP contribution in [0, 0.1) is 0 Å². The zero-order valence-corrected chi connectivity index (χ0v) is 14.4. The molecule has 3 aromatic rings. The van der Waals surface area contributed by atoms with E-state index in [1.54, 1.807) is 0 Å². The number of rotatable bonds is 8. The molecular formula is C20H23N3O2. The van der Waals surface area contributed by atoms with E-state index in [1.165, 1.54) is 0 Å². The van der Waals surface area contributed by atoms with Gasteiger partial charge in [0.1, 0.15) is 0 Å². The van der Waals surface area contributed by atoms with Crippen LogP contribution in [-0.4, -0.2) is 27.9 Å². The van der Waals surface area contributed by atoms with Crippen LogP contribution < -0.4 is 4.90 Å². The maximum Gasteiger partial charge on any atom is 0.246 e. The lowest BCUT2D eigenvalue weighted by Crippen LogP contribution is -2.31. The first kappa shape index (κ1) is 17.2. The summed E-state index contributed by atoms with van der Waals surface area (Å²) in [4.78, 5) is 6.57. The Kier molecular flexibility index (Phi) is 5.80. The van der Waals surface area contributed by atoms with E-state index in [-0.39, 0.29) is 0 Å². The molecule has 0 amide bonds. The summed E-state index contributed by atoms with van der Waals surface area (Å²) in [6.45, 7) is 2.97. The highest BCUT2D eigenvalue weighted by atomic mass is 16.5. The molecule has 0 fully saturated rings. The Morgan fingerprint density at radius 1 is 1.04 bits per heavy atom. The molecule has 0 radical (unpaired) electrons. The smallest absolute Gasteiger partial charge is 0.246 e. The van der Waals surface area contributed by atoms with E-state index in [2.05, 4.69) is 15.0 Å². The van der Waals surface area contributed by atoms with Gasteiger partial charge >= 0.3 is 0 Å². The van der Waals surface area contributed by atoms with Gasteiger partial charge in [-0.25, -0.2) is 0 Å². The second kappa shape index (κ2) is 8.44. The molecule has 1 N–H and O–H groups in total. The molecule has 0 aliphatic heterocycles. The van der Waals surface area contributed by atoms with Gasteiger partial charge in [0, 0.05) is 18.7 Å². The molecule has 130 valence electrons. The van der Waals surface area contributed by atoms with Crippen molar-refractivity contribution in [3.63, 3.8) is 0 Å². The summed E-state index contributed by atoms with van der Waals surface area (Å²) < 4.78 is 5.42. The van der Waals surface area contributed by atoms with Crippen molar-refractivity contribution in [3.05, 3.63) is 77.9 Å². The van der Waals surface area contributed by atoms with Crippen LogP contribution >= 0.6 is 0 Å². The van der Waals surface area contributed by atoms with E-state index in [0.29, 0.717) is 37.6 Å². The zero-order valence-electron chi connectivity index (χ0n) is 14.4. The normalized spacial score (nSPS) is 12.1. The van der Waals surface area contributed by atoms with Gasteiger partial charge in [0.15, 0.2) is 5.82 Å². The van der Waals surface area contributed by atoms with Crippen molar-refractivity contribution in [1.82, 2.24) is 10.1 Å². The molecule has 5 nitrogen and oxygen atoms in total. The molecule has 1 aromatic heterocycles. The SMILES string of the molecule is CCC(O)CN(Cc1nc(Cc2ccccc2)no1)c1ccccc1. The van der Waals surface area contributed by atoms with E-state index in [4.69, 9.17) is 4.52 Å². The fraction of sp³-hybridized carbons (Fsp3) is 0.300. The Morgan fingerprint density at radius 3 is 2.40 bits per heavy atom. The third-order valence-corrected chi connectivity index (χ3v) is 4.07. The van der Waals surface area contributed by atoms with Gasteiger partial charge in [-0.2, -0.15) is 4.98 Å². The molecule has 25 heavy (non-hydrogen) atoms. The molecule has 3 rings (SSSR count). The molecule has 0 spiro atoms. The Balaban J connectivity index is 1.71. The van der Waals surface area contributed by atoms with Crippen LogP contribution in [0.25, 0.3) is 0 Å². The Bertz CT molecular complexity index is 759. The average Bonchev–Trinajstić information content (AvgIpc) is 3.09. The quantitative estimate of drug-likeness (QED) is 0.682. The predicted molar refractivity (Wildman–Crippen MR) is 97.3 cm³/mol. The number of hydrogen-bond acceptors (Lipinski definition) is 5. The van der Waals surface area contributed by atoms with Gasteiger partial charge in [-0.05, 0) is 24.1 Å². The van der Waals surface area contributed by atoms with E-state index < -0.39 is 6.10 Å². The van der Waals surface area contributed by atoms with Gasteiger partial charge in [0.2, 0.25) is 5.89 Å². The summed E-state index contributed by atoms with van der Waals surface area (Å²) in [5, 5.41) is 14.1. The summed E-state index contributed by atoms with van der Waals surface area (Å²) in [7, 11) is 0. The topological polar surface area (TPSA) is 62.4 Å². The van der Waals surface area contributed by atoms with Crippen molar-refractivity contribution >= 4 is 5.69 Å². The zero-order chi connectivity index (χ0) is 17.5. The fourth-order valence-electron chi connectivity index (χ4n) is 2.65. The number of nitrogens with zero attached hydrogens (tertiary/aromatic N) is 3. The van der Waals surface area contributed by atoms with E-state index >= 15 is 0 Å². The van der Waals surface area contributed by atoms with Crippen LogP contribution in [0.1, 0.15) is 30.6 Å². The van der Waals surface area contributed by atoms with Gasteiger partial charge in [0.05, 0.1) is 12.6 Å². The number of aromatic nitrogens is 2. The predicted octanol–water partition coefficient (Wildman–Crippen LogP) is 3.44. The molecule has 1 atom stereocenters. The summed E-state index contributed by atoms with van der Waals surface area (Å²) in [6, 6.07) is 20.1. The molecule has 1 unspecified atom stereocenters. The molecule has 0 bridgehead atoms. The maximum absolute atomic E-state index is 10.1. The second-order valence-electron chi connectivity index (χ2n) is 6.04. The number of aliphatic hydroxyl groups is 1. The lowest BCUT2D eigenvalue weighted by molar-refractivity contribution is 0.174. The van der Waals surface area contributed by atoms with Gasteiger partial charge in [-0.1, -0.05) is 60.6 Å². The molecule has 0 saturated carbocycles. The standard InChI is InChI=1S/C20H23N3O2/c1-2-18(24)14-23(17-11-7-4-8-12-17)15-20-21-19(22-25-20)13-16-9-5-3-6-10-16/h3-12,18,24H,2,13-15H2,1H3. The van der Waals surface area contributed by atoms with E-state index in [1.807, 2.05) is 67.6 Å². The number of aliphatic hydroxyl groups excluding tert-OH is 1. The monoisotopic (exact) mass is 337 g/mol. The van der Waals surface area contributed by atoms with Gasteiger partial charge in [-0.3, -0.25) is 0 Å². The Labute approximate surface area is 147 Å². The Hall–Kier alpha value is -2.66. The van der Waals surface area contributed by atoms with Crippen molar-refractivity contribution < 1.29 is 9.63 Å². The van der Waals surface area contributed by atoms with Gasteiger partial charge in [-0.15, -0.1) is 0 Å². The average molecular weight is 337 g/mol. The second-order valence-corrected chi connectivity index (χ2v) is 6.04. The first-order valence-electron chi connectivity index (χ1n) is 8.58. The van der Waals surface area contributed by atoms with E-state index in [9.17, 15) is 5.11 Å². The minimum atomic E-state index is -0.396. The van der Waals surface area contributed by atoms with Crippen LogP contribution in [0.15, 0.2) is 65.2 Å². The summed E-state index contributed by atoms with van der Waals surface area (Å²) in [6.07, 6.45) is 0.951. The highest BCUT2D eigenvalue weighted by molar-refractivity contribution is 5.46.